The van der Waals surface area contributed by atoms with Crippen molar-refractivity contribution in [2.24, 2.45) is 7.05 Å². The molecule has 2 heterocycles. The number of carbonyl (C=O) groups excluding carboxylic acids is 1. The average molecular weight is 346 g/mol. The lowest BCUT2D eigenvalue weighted by atomic mass is 10.1. The van der Waals surface area contributed by atoms with Gasteiger partial charge < -0.3 is 4.57 Å². The van der Waals surface area contributed by atoms with Gasteiger partial charge in [-0.25, -0.2) is 4.39 Å². The van der Waals surface area contributed by atoms with E-state index in [0.29, 0.717) is 10.6 Å². The summed E-state index contributed by atoms with van der Waals surface area (Å²) in [5.41, 5.74) is -0.0275. The molecule has 1 aromatic carbocycles. The van der Waals surface area contributed by atoms with Crippen molar-refractivity contribution < 1.29 is 9.18 Å². The Kier molecular flexibility index (Phi) is 4.39. The number of hydrogen-bond donors (Lipinski definition) is 1. The molecule has 0 atom stereocenters. The summed E-state index contributed by atoms with van der Waals surface area (Å²) in [7, 11) is 1.70. The highest BCUT2D eigenvalue weighted by molar-refractivity contribution is 7.15. The highest BCUT2D eigenvalue weighted by Crippen LogP contribution is 2.18. The second-order valence-electron chi connectivity index (χ2n) is 5.35. The Hall–Kier alpha value is -2.61. The van der Waals surface area contributed by atoms with Gasteiger partial charge in [0.05, 0.1) is 5.52 Å². The third-order valence-corrected chi connectivity index (χ3v) is 4.44. The minimum Gasteiger partial charge on any atom is -0.350 e. The van der Waals surface area contributed by atoms with E-state index in [1.165, 1.54) is 29.7 Å². The fourth-order valence-corrected chi connectivity index (χ4v) is 3.25. The number of benzene rings is 1. The molecule has 124 valence electrons. The zero-order valence-corrected chi connectivity index (χ0v) is 14.0. The number of amides is 1. The van der Waals surface area contributed by atoms with Crippen molar-refractivity contribution in [2.75, 3.05) is 5.32 Å². The molecule has 3 rings (SSSR count). The molecule has 0 unspecified atom stereocenters. The molecule has 1 amide bonds. The largest absolute Gasteiger partial charge is 0.350 e. The molecule has 24 heavy (non-hydrogen) atoms. The molecule has 0 fully saturated rings. The summed E-state index contributed by atoms with van der Waals surface area (Å²) in [4.78, 5) is 24.9. The summed E-state index contributed by atoms with van der Waals surface area (Å²) >= 11 is 1.27. The van der Waals surface area contributed by atoms with E-state index < -0.39 is 17.2 Å². The molecule has 2 aromatic heterocycles. The first kappa shape index (κ1) is 16.3. The third-order valence-electron chi connectivity index (χ3n) is 3.55. The maximum atomic E-state index is 13.4. The number of carbonyl (C=O) groups is 1. The molecule has 0 radical (unpaired) electrons. The molecular weight excluding hydrogens is 331 g/mol. The summed E-state index contributed by atoms with van der Waals surface area (Å²) < 4.78 is 15.1. The quantitative estimate of drug-likeness (QED) is 0.788. The Balaban J connectivity index is 1.97. The van der Waals surface area contributed by atoms with Crippen LogP contribution in [-0.2, 0) is 13.5 Å². The number of aryl methyl sites for hydroxylation is 2. The van der Waals surface area contributed by atoms with E-state index in [1.807, 2.05) is 6.92 Å². The molecule has 0 spiro atoms. The van der Waals surface area contributed by atoms with Gasteiger partial charge in [0.1, 0.15) is 16.4 Å². The monoisotopic (exact) mass is 346 g/mol. The Morgan fingerprint density at radius 3 is 2.92 bits per heavy atom. The predicted octanol–water partition coefficient (Wildman–Crippen LogP) is 2.73. The number of anilines is 1. The van der Waals surface area contributed by atoms with Crippen LogP contribution in [0.2, 0.25) is 0 Å². The first-order valence-electron chi connectivity index (χ1n) is 7.42. The van der Waals surface area contributed by atoms with Gasteiger partial charge in [-0.2, -0.15) is 0 Å². The Morgan fingerprint density at radius 1 is 1.38 bits per heavy atom. The van der Waals surface area contributed by atoms with E-state index in [4.69, 9.17) is 0 Å². The van der Waals surface area contributed by atoms with Crippen LogP contribution in [-0.4, -0.2) is 20.7 Å². The Morgan fingerprint density at radius 2 is 2.17 bits per heavy atom. The van der Waals surface area contributed by atoms with E-state index in [1.54, 1.807) is 11.6 Å². The predicted molar refractivity (Wildman–Crippen MR) is 91.0 cm³/mol. The normalized spacial score (nSPS) is 11.0. The van der Waals surface area contributed by atoms with Crippen LogP contribution in [0, 0.1) is 5.82 Å². The van der Waals surface area contributed by atoms with Crippen molar-refractivity contribution in [1.29, 1.82) is 0 Å². The van der Waals surface area contributed by atoms with Crippen molar-refractivity contribution in [3.05, 3.63) is 51.0 Å². The molecular formula is C16H15FN4O2S. The van der Waals surface area contributed by atoms with Gasteiger partial charge in [0, 0.05) is 25.1 Å². The second-order valence-corrected chi connectivity index (χ2v) is 6.41. The molecule has 6 nitrogen and oxygen atoms in total. The van der Waals surface area contributed by atoms with E-state index in [-0.39, 0.29) is 10.9 Å². The van der Waals surface area contributed by atoms with Crippen molar-refractivity contribution >= 4 is 33.3 Å². The van der Waals surface area contributed by atoms with Crippen LogP contribution in [0.4, 0.5) is 9.52 Å². The van der Waals surface area contributed by atoms with Gasteiger partial charge in [-0.05, 0) is 24.6 Å². The van der Waals surface area contributed by atoms with Gasteiger partial charge in [-0.1, -0.05) is 18.3 Å². The first-order valence-corrected chi connectivity index (χ1v) is 8.24. The molecule has 0 aliphatic rings. The van der Waals surface area contributed by atoms with Crippen molar-refractivity contribution in [3.63, 3.8) is 0 Å². The van der Waals surface area contributed by atoms with Gasteiger partial charge >= 0.3 is 0 Å². The van der Waals surface area contributed by atoms with Crippen LogP contribution in [0.25, 0.3) is 10.9 Å². The second kappa shape index (κ2) is 6.48. The van der Waals surface area contributed by atoms with Crippen LogP contribution in [0.3, 0.4) is 0 Å². The maximum Gasteiger partial charge on any atom is 0.262 e. The standard InChI is InChI=1S/C16H15FN4O2S/c1-3-4-13-19-20-16(24-13)18-15(23)11-8-21(2)12-6-5-9(17)7-10(12)14(11)22/h5-8H,3-4H2,1-2H3,(H,18,20,23). The number of rotatable bonds is 4. The minimum atomic E-state index is -0.582. The fourth-order valence-electron chi connectivity index (χ4n) is 2.41. The summed E-state index contributed by atoms with van der Waals surface area (Å²) in [5.74, 6) is -1.11. The number of pyridine rings is 1. The average Bonchev–Trinajstić information content (AvgIpc) is 2.98. The lowest BCUT2D eigenvalue weighted by molar-refractivity contribution is 0.102. The van der Waals surface area contributed by atoms with Gasteiger partial charge in [-0.15, -0.1) is 10.2 Å². The molecule has 1 N–H and O–H groups in total. The summed E-state index contributed by atoms with van der Waals surface area (Å²) in [6.07, 6.45) is 3.15. The highest BCUT2D eigenvalue weighted by Gasteiger charge is 2.17. The van der Waals surface area contributed by atoms with E-state index >= 15 is 0 Å². The van der Waals surface area contributed by atoms with Crippen molar-refractivity contribution in [1.82, 2.24) is 14.8 Å². The summed E-state index contributed by atoms with van der Waals surface area (Å²) in [6, 6.07) is 3.92. The Labute approximate surface area is 141 Å². The van der Waals surface area contributed by atoms with Gasteiger partial charge in [0.2, 0.25) is 10.6 Å². The highest BCUT2D eigenvalue weighted by atomic mass is 32.1. The van der Waals surface area contributed by atoms with E-state index in [9.17, 15) is 14.0 Å². The molecule has 0 bridgehead atoms. The molecule has 0 saturated heterocycles. The summed E-state index contributed by atoms with van der Waals surface area (Å²) in [5, 5.41) is 11.8. The van der Waals surface area contributed by atoms with Crippen LogP contribution in [0.5, 0.6) is 0 Å². The lowest BCUT2D eigenvalue weighted by Crippen LogP contribution is -2.23. The van der Waals surface area contributed by atoms with Crippen LogP contribution in [0.15, 0.2) is 29.2 Å². The Bertz CT molecular complexity index is 980. The minimum absolute atomic E-state index is 0.0668. The van der Waals surface area contributed by atoms with Crippen LogP contribution >= 0.6 is 11.3 Å². The molecule has 3 aromatic rings. The lowest BCUT2D eigenvalue weighted by Gasteiger charge is -2.08. The number of aromatic nitrogens is 3. The van der Waals surface area contributed by atoms with E-state index in [2.05, 4.69) is 15.5 Å². The number of hydrogen-bond acceptors (Lipinski definition) is 5. The number of nitrogens with zero attached hydrogens (tertiary/aromatic N) is 3. The summed E-state index contributed by atoms with van der Waals surface area (Å²) in [6.45, 7) is 2.03. The van der Waals surface area contributed by atoms with E-state index in [0.717, 1.165) is 23.9 Å². The molecule has 0 aliphatic carbocycles. The van der Waals surface area contributed by atoms with Crippen molar-refractivity contribution in [2.45, 2.75) is 19.8 Å². The van der Waals surface area contributed by atoms with Crippen molar-refractivity contribution in [3.8, 4) is 0 Å². The SMILES string of the molecule is CCCc1nnc(NC(=O)c2cn(C)c3ccc(F)cc3c2=O)s1. The van der Waals surface area contributed by atoms with Gasteiger partial charge in [0.25, 0.3) is 5.91 Å². The number of halogens is 1. The van der Waals surface area contributed by atoms with Crippen LogP contribution < -0.4 is 10.7 Å². The molecule has 0 aliphatic heterocycles. The van der Waals surface area contributed by atoms with Gasteiger partial charge in [0.15, 0.2) is 0 Å². The zero-order valence-electron chi connectivity index (χ0n) is 13.2. The van der Waals surface area contributed by atoms with Crippen LogP contribution in [0.1, 0.15) is 28.7 Å². The zero-order chi connectivity index (χ0) is 17.3. The third kappa shape index (κ3) is 3.05. The molecule has 0 saturated carbocycles. The number of fused-ring (bicyclic) bond motifs is 1. The first-order chi connectivity index (χ1) is 11.5. The fraction of sp³-hybridized carbons (Fsp3) is 0.250. The maximum absolute atomic E-state index is 13.4. The smallest absolute Gasteiger partial charge is 0.262 e. The molecule has 8 heteroatoms. The van der Waals surface area contributed by atoms with Gasteiger partial charge in [-0.3, -0.25) is 14.9 Å². The topological polar surface area (TPSA) is 76.9 Å². The number of nitrogens with one attached hydrogen (secondary N) is 1.